The number of nitrogens with zero attached hydrogens (tertiary/aromatic N) is 3. The van der Waals surface area contributed by atoms with Crippen molar-refractivity contribution in [3.63, 3.8) is 0 Å². The van der Waals surface area contributed by atoms with Gasteiger partial charge in [0.05, 0.1) is 30.5 Å². The van der Waals surface area contributed by atoms with Crippen molar-refractivity contribution in [3.05, 3.63) is 22.7 Å². The lowest BCUT2D eigenvalue weighted by Gasteiger charge is -2.35. The summed E-state index contributed by atoms with van der Waals surface area (Å²) in [5, 5.41) is 0.306. The number of amides is 1. The number of carbonyl (C=O) groups excluding carboxylic acids is 1. The lowest BCUT2D eigenvalue weighted by molar-refractivity contribution is -0.00312. The van der Waals surface area contributed by atoms with E-state index in [1.165, 1.54) is 6.20 Å². The minimum absolute atomic E-state index is 0.0878. The predicted molar refractivity (Wildman–Crippen MR) is 77.1 cm³/mol. The molecule has 2 heterocycles. The Labute approximate surface area is 124 Å². The topological polar surface area (TPSA) is 55.3 Å². The van der Waals surface area contributed by atoms with E-state index in [2.05, 4.69) is 9.97 Å². The van der Waals surface area contributed by atoms with Crippen LogP contribution in [0, 0.1) is 0 Å². The van der Waals surface area contributed by atoms with Gasteiger partial charge >= 0.3 is 0 Å². The largest absolute Gasteiger partial charge is 0.377 e. The van der Waals surface area contributed by atoms with Crippen molar-refractivity contribution in [1.29, 1.82) is 0 Å². The molecule has 2 rings (SSSR count). The van der Waals surface area contributed by atoms with Crippen molar-refractivity contribution in [2.45, 2.75) is 39.2 Å². The van der Waals surface area contributed by atoms with E-state index in [0.717, 1.165) is 6.42 Å². The van der Waals surface area contributed by atoms with Crippen LogP contribution < -0.4 is 0 Å². The van der Waals surface area contributed by atoms with Crippen LogP contribution >= 0.6 is 11.6 Å². The van der Waals surface area contributed by atoms with Gasteiger partial charge in [0.2, 0.25) is 0 Å². The Bertz CT molecular complexity index is 493. The first-order chi connectivity index (χ1) is 9.54. The smallest absolute Gasteiger partial charge is 0.274 e. The number of hydrogen-bond acceptors (Lipinski definition) is 4. The molecule has 1 unspecified atom stereocenters. The molecule has 1 aromatic rings. The minimum atomic E-state index is -0.130. The summed E-state index contributed by atoms with van der Waals surface area (Å²) in [6.07, 6.45) is 2.37. The van der Waals surface area contributed by atoms with Crippen molar-refractivity contribution in [3.8, 4) is 0 Å². The highest BCUT2D eigenvalue weighted by Crippen LogP contribution is 2.20. The van der Waals surface area contributed by atoms with E-state index in [4.69, 9.17) is 16.3 Å². The molecule has 1 atom stereocenters. The van der Waals surface area contributed by atoms with Gasteiger partial charge in [-0.1, -0.05) is 32.4 Å². The number of aromatic nitrogens is 2. The summed E-state index contributed by atoms with van der Waals surface area (Å²) in [6, 6.07) is 0.0878. The quantitative estimate of drug-likeness (QED) is 0.860. The lowest BCUT2D eigenvalue weighted by Crippen LogP contribution is -2.48. The Morgan fingerprint density at radius 1 is 1.60 bits per heavy atom. The molecule has 1 aliphatic rings. The third-order valence-electron chi connectivity index (χ3n) is 3.44. The van der Waals surface area contributed by atoms with Crippen molar-refractivity contribution < 1.29 is 9.53 Å². The van der Waals surface area contributed by atoms with Crippen molar-refractivity contribution in [2.24, 2.45) is 0 Å². The molecule has 110 valence electrons. The van der Waals surface area contributed by atoms with Crippen molar-refractivity contribution in [2.75, 3.05) is 19.8 Å². The molecule has 0 aromatic carbocycles. The molecule has 0 N–H and O–H groups in total. The second kappa shape index (κ2) is 6.50. The maximum atomic E-state index is 12.7. The molecule has 1 aliphatic heterocycles. The molecule has 0 radical (unpaired) electrons. The average molecular weight is 298 g/mol. The first kappa shape index (κ1) is 15.2. The highest BCUT2D eigenvalue weighted by Gasteiger charge is 2.29. The fraction of sp³-hybridized carbons (Fsp3) is 0.643. The molecule has 6 heteroatoms. The molecule has 0 bridgehead atoms. The standard InChI is InChI=1S/C14H20ClN3O2/c1-4-10-8-20-6-5-18(10)14(19)12-11(15)7-16-13(17-12)9(2)3/h7,9-10H,4-6,8H2,1-3H3. The second-order valence-electron chi connectivity index (χ2n) is 5.21. The second-order valence-corrected chi connectivity index (χ2v) is 5.62. The van der Waals surface area contributed by atoms with E-state index in [-0.39, 0.29) is 17.9 Å². The normalized spacial score (nSPS) is 19.4. The zero-order valence-electron chi connectivity index (χ0n) is 12.1. The average Bonchev–Trinajstić information content (AvgIpc) is 2.46. The Balaban J connectivity index is 2.29. The van der Waals surface area contributed by atoms with Crippen LogP contribution in [0.3, 0.4) is 0 Å². The first-order valence-corrected chi connectivity index (χ1v) is 7.33. The molecule has 1 fully saturated rings. The molecular formula is C14H20ClN3O2. The van der Waals surface area contributed by atoms with Gasteiger partial charge in [0.1, 0.15) is 5.82 Å². The van der Waals surface area contributed by atoms with E-state index in [1.807, 2.05) is 25.7 Å². The SMILES string of the molecule is CCC1COCCN1C(=O)c1nc(C(C)C)ncc1Cl. The van der Waals surface area contributed by atoms with Gasteiger partial charge in [0.15, 0.2) is 5.69 Å². The maximum Gasteiger partial charge on any atom is 0.274 e. The monoisotopic (exact) mass is 297 g/mol. The summed E-state index contributed by atoms with van der Waals surface area (Å²) in [5.41, 5.74) is 0.297. The maximum absolute atomic E-state index is 12.7. The van der Waals surface area contributed by atoms with Crippen LogP contribution in [0.15, 0.2) is 6.20 Å². The van der Waals surface area contributed by atoms with Crippen molar-refractivity contribution in [1.82, 2.24) is 14.9 Å². The van der Waals surface area contributed by atoms with Gasteiger partial charge in [0.25, 0.3) is 5.91 Å². The Morgan fingerprint density at radius 2 is 2.35 bits per heavy atom. The highest BCUT2D eigenvalue weighted by molar-refractivity contribution is 6.33. The van der Waals surface area contributed by atoms with E-state index < -0.39 is 0 Å². The predicted octanol–water partition coefficient (Wildman–Crippen LogP) is 2.50. The summed E-state index contributed by atoms with van der Waals surface area (Å²) in [4.78, 5) is 23.0. The molecule has 20 heavy (non-hydrogen) atoms. The Morgan fingerprint density at radius 3 is 3.00 bits per heavy atom. The molecule has 1 aromatic heterocycles. The Kier molecular flexibility index (Phi) is 4.94. The molecule has 0 spiro atoms. The van der Waals surface area contributed by atoms with Gasteiger partial charge in [-0.2, -0.15) is 0 Å². The van der Waals surface area contributed by atoms with E-state index in [9.17, 15) is 4.79 Å². The molecule has 1 amide bonds. The van der Waals surface area contributed by atoms with Gasteiger partial charge in [-0.05, 0) is 6.42 Å². The van der Waals surface area contributed by atoms with Crippen LogP contribution in [0.25, 0.3) is 0 Å². The number of carbonyl (C=O) groups is 1. The first-order valence-electron chi connectivity index (χ1n) is 6.95. The number of hydrogen-bond donors (Lipinski definition) is 0. The van der Waals surface area contributed by atoms with Gasteiger partial charge in [-0.15, -0.1) is 0 Å². The molecule has 5 nitrogen and oxygen atoms in total. The van der Waals surface area contributed by atoms with E-state index in [1.54, 1.807) is 0 Å². The summed E-state index contributed by atoms with van der Waals surface area (Å²) < 4.78 is 5.42. The zero-order chi connectivity index (χ0) is 14.7. The summed E-state index contributed by atoms with van der Waals surface area (Å²) >= 11 is 6.10. The van der Waals surface area contributed by atoms with Crippen LogP contribution in [0.4, 0.5) is 0 Å². The van der Waals surface area contributed by atoms with Crippen molar-refractivity contribution >= 4 is 17.5 Å². The summed E-state index contributed by atoms with van der Waals surface area (Å²) in [6.45, 7) is 7.72. The Hall–Kier alpha value is -1.20. The van der Waals surface area contributed by atoms with E-state index >= 15 is 0 Å². The third-order valence-corrected chi connectivity index (χ3v) is 3.72. The van der Waals surface area contributed by atoms with Crippen LogP contribution in [0.2, 0.25) is 5.02 Å². The van der Waals surface area contributed by atoms with Crippen LogP contribution in [-0.4, -0.2) is 46.6 Å². The molecule has 1 saturated heterocycles. The summed E-state index contributed by atoms with van der Waals surface area (Å²) in [7, 11) is 0. The molecule has 0 saturated carbocycles. The number of rotatable bonds is 3. The van der Waals surface area contributed by atoms with Gasteiger partial charge in [-0.25, -0.2) is 9.97 Å². The van der Waals surface area contributed by atoms with Gasteiger partial charge in [-0.3, -0.25) is 4.79 Å². The molecule has 0 aliphatic carbocycles. The van der Waals surface area contributed by atoms with Gasteiger partial charge in [0, 0.05) is 12.5 Å². The van der Waals surface area contributed by atoms with Crippen LogP contribution in [-0.2, 0) is 4.74 Å². The molecular weight excluding hydrogens is 278 g/mol. The van der Waals surface area contributed by atoms with E-state index in [0.29, 0.717) is 36.3 Å². The van der Waals surface area contributed by atoms with Gasteiger partial charge < -0.3 is 9.64 Å². The lowest BCUT2D eigenvalue weighted by atomic mass is 10.1. The fourth-order valence-electron chi connectivity index (χ4n) is 2.21. The van der Waals surface area contributed by atoms with Crippen LogP contribution in [0.5, 0.6) is 0 Å². The zero-order valence-corrected chi connectivity index (χ0v) is 12.9. The highest BCUT2D eigenvalue weighted by atomic mass is 35.5. The number of ether oxygens (including phenoxy) is 1. The fourth-order valence-corrected chi connectivity index (χ4v) is 2.38. The minimum Gasteiger partial charge on any atom is -0.377 e. The van der Waals surface area contributed by atoms with Crippen LogP contribution in [0.1, 0.15) is 49.4 Å². The summed E-state index contributed by atoms with van der Waals surface area (Å²) in [5.74, 6) is 0.666. The number of halogens is 1. The number of morpholine rings is 1. The third kappa shape index (κ3) is 3.10.